The molecule has 24 heavy (non-hydrogen) atoms. The zero-order valence-electron chi connectivity index (χ0n) is 13.8. The molecule has 1 aromatic heterocycles. The van der Waals surface area contributed by atoms with Crippen molar-refractivity contribution in [3.05, 3.63) is 46.7 Å². The van der Waals surface area contributed by atoms with Crippen LogP contribution in [-0.4, -0.2) is 32.9 Å². The van der Waals surface area contributed by atoms with Gasteiger partial charge in [-0.1, -0.05) is 37.4 Å². The second kappa shape index (κ2) is 6.95. The van der Waals surface area contributed by atoms with Gasteiger partial charge in [0.15, 0.2) is 0 Å². The van der Waals surface area contributed by atoms with Gasteiger partial charge in [0, 0.05) is 11.6 Å². The Balaban J connectivity index is 1.79. The van der Waals surface area contributed by atoms with Gasteiger partial charge >= 0.3 is 0 Å². The molecular weight excluding hydrogens is 326 g/mol. The number of nitrogens with one attached hydrogen (secondary N) is 1. The minimum absolute atomic E-state index is 0.194. The maximum absolute atomic E-state index is 12.5. The van der Waals surface area contributed by atoms with Crippen molar-refractivity contribution in [2.24, 2.45) is 0 Å². The normalized spacial score (nSPS) is 16.3. The van der Waals surface area contributed by atoms with E-state index in [0.717, 1.165) is 37.1 Å². The summed E-state index contributed by atoms with van der Waals surface area (Å²) in [7, 11) is 0. The van der Waals surface area contributed by atoms with Crippen LogP contribution in [-0.2, 0) is 6.42 Å². The van der Waals surface area contributed by atoms with Crippen molar-refractivity contribution >= 4 is 17.5 Å². The Morgan fingerprint density at radius 3 is 2.83 bits per heavy atom. The van der Waals surface area contributed by atoms with Gasteiger partial charge in [0.05, 0.1) is 28.7 Å². The first-order valence-corrected chi connectivity index (χ1v) is 8.74. The van der Waals surface area contributed by atoms with E-state index in [1.807, 2.05) is 25.1 Å². The summed E-state index contributed by atoms with van der Waals surface area (Å²) in [5.74, 6) is -0.194. The van der Waals surface area contributed by atoms with Crippen molar-refractivity contribution in [1.82, 2.24) is 15.1 Å². The third kappa shape index (κ3) is 3.47. The molecule has 128 valence electrons. The SMILES string of the molecule is CCc1c(C(=O)NCC2(O)CCCC2)cnn1-c1cccc(Cl)c1. The van der Waals surface area contributed by atoms with E-state index in [4.69, 9.17) is 11.6 Å². The topological polar surface area (TPSA) is 67.2 Å². The quantitative estimate of drug-likeness (QED) is 0.873. The Hall–Kier alpha value is -1.85. The molecule has 1 aromatic carbocycles. The highest BCUT2D eigenvalue weighted by atomic mass is 35.5. The van der Waals surface area contributed by atoms with E-state index in [1.165, 1.54) is 0 Å². The second-order valence-electron chi connectivity index (χ2n) is 6.36. The van der Waals surface area contributed by atoms with Crippen molar-refractivity contribution < 1.29 is 9.90 Å². The van der Waals surface area contributed by atoms with E-state index in [1.54, 1.807) is 16.9 Å². The van der Waals surface area contributed by atoms with Gasteiger partial charge in [0.2, 0.25) is 0 Å². The molecule has 5 nitrogen and oxygen atoms in total. The molecule has 1 amide bonds. The summed E-state index contributed by atoms with van der Waals surface area (Å²) in [6, 6.07) is 7.38. The summed E-state index contributed by atoms with van der Waals surface area (Å²) in [4.78, 5) is 12.5. The lowest BCUT2D eigenvalue weighted by Crippen LogP contribution is -2.40. The van der Waals surface area contributed by atoms with Crippen LogP contribution in [0.3, 0.4) is 0 Å². The van der Waals surface area contributed by atoms with Gasteiger partial charge in [0.1, 0.15) is 0 Å². The van der Waals surface area contributed by atoms with E-state index >= 15 is 0 Å². The highest BCUT2D eigenvalue weighted by molar-refractivity contribution is 6.30. The molecule has 0 spiro atoms. The number of amides is 1. The summed E-state index contributed by atoms with van der Waals surface area (Å²) in [6.07, 6.45) is 5.76. The number of hydrogen-bond acceptors (Lipinski definition) is 3. The van der Waals surface area contributed by atoms with Crippen molar-refractivity contribution in [3.63, 3.8) is 0 Å². The monoisotopic (exact) mass is 347 g/mol. The molecule has 0 unspecified atom stereocenters. The molecular formula is C18H22ClN3O2. The van der Waals surface area contributed by atoms with E-state index in [2.05, 4.69) is 10.4 Å². The van der Waals surface area contributed by atoms with Crippen molar-refractivity contribution in [2.75, 3.05) is 6.54 Å². The number of rotatable bonds is 5. The van der Waals surface area contributed by atoms with Crippen LogP contribution in [0.25, 0.3) is 5.69 Å². The molecule has 0 aliphatic heterocycles. The first-order valence-electron chi connectivity index (χ1n) is 8.36. The molecule has 1 aliphatic rings. The molecule has 0 saturated heterocycles. The third-order valence-electron chi connectivity index (χ3n) is 4.61. The molecule has 1 fully saturated rings. The minimum Gasteiger partial charge on any atom is -0.388 e. The van der Waals surface area contributed by atoms with E-state index in [0.29, 0.717) is 17.0 Å². The Morgan fingerprint density at radius 1 is 1.42 bits per heavy atom. The predicted molar refractivity (Wildman–Crippen MR) is 93.7 cm³/mol. The fraction of sp³-hybridized carbons (Fsp3) is 0.444. The molecule has 2 N–H and O–H groups in total. The average Bonchev–Trinajstić information content (AvgIpc) is 3.19. The van der Waals surface area contributed by atoms with Gasteiger partial charge in [0.25, 0.3) is 5.91 Å². The van der Waals surface area contributed by atoms with Gasteiger partial charge in [-0.05, 0) is 37.5 Å². The summed E-state index contributed by atoms with van der Waals surface area (Å²) in [5, 5.41) is 18.2. The molecule has 1 saturated carbocycles. The van der Waals surface area contributed by atoms with Crippen LogP contribution in [0.2, 0.25) is 5.02 Å². The van der Waals surface area contributed by atoms with Crippen LogP contribution in [0.15, 0.2) is 30.5 Å². The fourth-order valence-corrected chi connectivity index (χ4v) is 3.47. The Kier molecular flexibility index (Phi) is 4.92. The third-order valence-corrected chi connectivity index (χ3v) is 4.85. The fourth-order valence-electron chi connectivity index (χ4n) is 3.28. The molecule has 0 bridgehead atoms. The van der Waals surface area contributed by atoms with E-state index < -0.39 is 5.60 Å². The van der Waals surface area contributed by atoms with E-state index in [9.17, 15) is 9.90 Å². The lowest BCUT2D eigenvalue weighted by atomic mass is 10.0. The number of aliphatic hydroxyl groups is 1. The van der Waals surface area contributed by atoms with Crippen LogP contribution < -0.4 is 5.32 Å². The summed E-state index contributed by atoms with van der Waals surface area (Å²) in [6.45, 7) is 2.27. The zero-order chi connectivity index (χ0) is 17.2. The first-order chi connectivity index (χ1) is 11.5. The number of carbonyl (C=O) groups excluding carboxylic acids is 1. The van der Waals surface area contributed by atoms with Crippen LogP contribution in [0.1, 0.15) is 48.7 Å². The summed E-state index contributed by atoms with van der Waals surface area (Å²) < 4.78 is 1.74. The Labute approximate surface area is 146 Å². The first kappa shape index (κ1) is 17.0. The van der Waals surface area contributed by atoms with Gasteiger partial charge < -0.3 is 10.4 Å². The lowest BCUT2D eigenvalue weighted by molar-refractivity contribution is 0.0449. The number of benzene rings is 1. The molecule has 2 aromatic rings. The molecule has 3 rings (SSSR count). The van der Waals surface area contributed by atoms with E-state index in [-0.39, 0.29) is 12.5 Å². The Bertz CT molecular complexity index is 736. The van der Waals surface area contributed by atoms with Gasteiger partial charge in [-0.2, -0.15) is 5.10 Å². The predicted octanol–water partition coefficient (Wildman–Crippen LogP) is 3.12. The molecule has 0 atom stereocenters. The largest absolute Gasteiger partial charge is 0.388 e. The maximum atomic E-state index is 12.5. The zero-order valence-corrected chi connectivity index (χ0v) is 14.5. The number of aromatic nitrogens is 2. The number of nitrogens with zero attached hydrogens (tertiary/aromatic N) is 2. The summed E-state index contributed by atoms with van der Waals surface area (Å²) >= 11 is 6.05. The highest BCUT2D eigenvalue weighted by Crippen LogP contribution is 2.28. The van der Waals surface area contributed by atoms with Crippen LogP contribution >= 0.6 is 11.6 Å². The standard InChI is InChI=1S/C18H22ClN3O2/c1-2-16-15(17(23)20-12-18(24)8-3-4-9-18)11-21-22(16)14-7-5-6-13(19)10-14/h5-7,10-11,24H,2-4,8-9,12H2,1H3,(H,20,23). The van der Waals surface area contributed by atoms with Crippen LogP contribution in [0.5, 0.6) is 0 Å². The number of hydrogen-bond donors (Lipinski definition) is 2. The highest BCUT2D eigenvalue weighted by Gasteiger charge is 2.31. The van der Waals surface area contributed by atoms with Gasteiger partial charge in [-0.15, -0.1) is 0 Å². The molecule has 1 heterocycles. The summed E-state index contributed by atoms with van der Waals surface area (Å²) in [5.41, 5.74) is 1.44. The van der Waals surface area contributed by atoms with Gasteiger partial charge in [-0.25, -0.2) is 4.68 Å². The van der Waals surface area contributed by atoms with Gasteiger partial charge in [-0.3, -0.25) is 4.79 Å². The lowest BCUT2D eigenvalue weighted by Gasteiger charge is -2.22. The smallest absolute Gasteiger partial charge is 0.254 e. The number of carbonyl (C=O) groups is 1. The van der Waals surface area contributed by atoms with Crippen LogP contribution in [0, 0.1) is 0 Å². The number of halogens is 1. The van der Waals surface area contributed by atoms with Crippen LogP contribution in [0.4, 0.5) is 0 Å². The van der Waals surface area contributed by atoms with Crippen molar-refractivity contribution in [3.8, 4) is 5.69 Å². The van der Waals surface area contributed by atoms with Crippen molar-refractivity contribution in [2.45, 2.75) is 44.6 Å². The average molecular weight is 348 g/mol. The molecule has 6 heteroatoms. The Morgan fingerprint density at radius 2 is 2.17 bits per heavy atom. The van der Waals surface area contributed by atoms with Crippen molar-refractivity contribution in [1.29, 1.82) is 0 Å². The molecule has 0 radical (unpaired) electrons. The molecule has 1 aliphatic carbocycles. The minimum atomic E-state index is -0.759. The second-order valence-corrected chi connectivity index (χ2v) is 6.80. The maximum Gasteiger partial charge on any atom is 0.254 e.